The minimum absolute atomic E-state index is 0.0872. The van der Waals surface area contributed by atoms with Crippen LogP contribution in [-0.4, -0.2) is 25.4 Å². The smallest absolute Gasteiger partial charge is 0.251 e. The highest BCUT2D eigenvalue weighted by atomic mass is 16.2. The quantitative estimate of drug-likeness (QED) is 0.645. The minimum atomic E-state index is -0.182. The van der Waals surface area contributed by atoms with Crippen molar-refractivity contribution in [3.05, 3.63) is 65.2 Å². The molecule has 3 N–H and O–H groups in total. The van der Waals surface area contributed by atoms with E-state index >= 15 is 0 Å². The number of benzene rings is 2. The number of carbonyl (C=O) groups is 2. The van der Waals surface area contributed by atoms with Crippen molar-refractivity contribution in [2.75, 3.05) is 18.9 Å². The standard InChI is InChI=1S/C23H31N3O2/c1-15(2)17-9-11-18(12-10-17)22(16(3)4)25-14-21(27)26-20-8-6-7-19(13-20)23(28)24-5/h6-13,15-16,22,25H,14H2,1-5H3,(H,24,28)(H,26,27)/t22-/m0/s1. The Hall–Kier alpha value is -2.66. The van der Waals surface area contributed by atoms with E-state index < -0.39 is 0 Å². The maximum Gasteiger partial charge on any atom is 0.251 e. The van der Waals surface area contributed by atoms with Crippen LogP contribution in [0.15, 0.2) is 48.5 Å². The van der Waals surface area contributed by atoms with Crippen molar-refractivity contribution in [2.45, 2.75) is 39.7 Å². The van der Waals surface area contributed by atoms with Crippen molar-refractivity contribution in [3.63, 3.8) is 0 Å². The van der Waals surface area contributed by atoms with Gasteiger partial charge in [-0.25, -0.2) is 0 Å². The van der Waals surface area contributed by atoms with Gasteiger partial charge in [0.05, 0.1) is 6.54 Å². The Morgan fingerprint density at radius 2 is 1.57 bits per heavy atom. The largest absolute Gasteiger partial charge is 0.355 e. The van der Waals surface area contributed by atoms with E-state index in [9.17, 15) is 9.59 Å². The van der Waals surface area contributed by atoms with Crippen LogP contribution in [0.5, 0.6) is 0 Å². The molecule has 0 aromatic heterocycles. The molecule has 0 aliphatic heterocycles. The summed E-state index contributed by atoms with van der Waals surface area (Å²) in [4.78, 5) is 24.1. The van der Waals surface area contributed by atoms with Gasteiger partial charge < -0.3 is 16.0 Å². The van der Waals surface area contributed by atoms with E-state index in [1.165, 1.54) is 11.1 Å². The summed E-state index contributed by atoms with van der Waals surface area (Å²) >= 11 is 0. The van der Waals surface area contributed by atoms with Crippen LogP contribution < -0.4 is 16.0 Å². The van der Waals surface area contributed by atoms with Gasteiger partial charge in [-0.2, -0.15) is 0 Å². The molecule has 2 aromatic carbocycles. The fraction of sp³-hybridized carbons (Fsp3) is 0.391. The fourth-order valence-electron chi connectivity index (χ4n) is 3.12. The van der Waals surface area contributed by atoms with Gasteiger partial charge in [-0.1, -0.05) is 58.0 Å². The SMILES string of the molecule is CNC(=O)c1cccc(NC(=O)CN[C@H](c2ccc(C(C)C)cc2)C(C)C)c1. The average molecular weight is 382 g/mol. The highest BCUT2D eigenvalue weighted by Crippen LogP contribution is 2.24. The molecule has 0 bridgehead atoms. The Morgan fingerprint density at radius 3 is 2.14 bits per heavy atom. The topological polar surface area (TPSA) is 70.2 Å². The lowest BCUT2D eigenvalue weighted by molar-refractivity contribution is -0.115. The van der Waals surface area contributed by atoms with Crippen molar-refractivity contribution in [1.82, 2.24) is 10.6 Å². The lowest BCUT2D eigenvalue weighted by Gasteiger charge is -2.23. The van der Waals surface area contributed by atoms with Gasteiger partial charge in [-0.3, -0.25) is 9.59 Å². The van der Waals surface area contributed by atoms with E-state index in [0.717, 1.165) is 0 Å². The predicted octanol–water partition coefficient (Wildman–Crippen LogP) is 4.10. The Labute approximate surface area is 167 Å². The zero-order valence-corrected chi connectivity index (χ0v) is 17.4. The third-order valence-electron chi connectivity index (χ3n) is 4.75. The summed E-state index contributed by atoms with van der Waals surface area (Å²) in [6.45, 7) is 8.82. The lowest BCUT2D eigenvalue weighted by Crippen LogP contribution is -2.33. The van der Waals surface area contributed by atoms with Gasteiger partial charge in [-0.15, -0.1) is 0 Å². The molecule has 0 spiro atoms. The van der Waals surface area contributed by atoms with E-state index in [1.807, 2.05) is 0 Å². The molecule has 2 amide bonds. The number of hydrogen-bond donors (Lipinski definition) is 3. The van der Waals surface area contributed by atoms with Crippen LogP contribution in [0.1, 0.15) is 61.1 Å². The Kier molecular flexibility index (Phi) is 7.76. The summed E-state index contributed by atoms with van der Waals surface area (Å²) in [6, 6.07) is 15.6. The van der Waals surface area contributed by atoms with Crippen molar-refractivity contribution < 1.29 is 9.59 Å². The van der Waals surface area contributed by atoms with E-state index in [4.69, 9.17) is 0 Å². The van der Waals surface area contributed by atoms with Gasteiger partial charge in [0.15, 0.2) is 0 Å². The van der Waals surface area contributed by atoms with Crippen molar-refractivity contribution in [2.24, 2.45) is 5.92 Å². The van der Waals surface area contributed by atoms with Gasteiger partial charge >= 0.3 is 0 Å². The molecule has 2 aromatic rings. The van der Waals surface area contributed by atoms with Gasteiger partial charge in [0, 0.05) is 24.3 Å². The zero-order valence-electron chi connectivity index (χ0n) is 17.4. The van der Waals surface area contributed by atoms with Crippen molar-refractivity contribution >= 4 is 17.5 Å². The molecule has 5 heteroatoms. The van der Waals surface area contributed by atoms with Gasteiger partial charge in [0.2, 0.25) is 5.91 Å². The Morgan fingerprint density at radius 1 is 0.929 bits per heavy atom. The first kappa shape index (κ1) is 21.6. The number of anilines is 1. The monoisotopic (exact) mass is 381 g/mol. The predicted molar refractivity (Wildman–Crippen MR) is 115 cm³/mol. The normalized spacial score (nSPS) is 12.1. The van der Waals surface area contributed by atoms with Crippen LogP contribution >= 0.6 is 0 Å². The van der Waals surface area contributed by atoms with E-state index in [2.05, 4.69) is 67.9 Å². The minimum Gasteiger partial charge on any atom is -0.355 e. The molecule has 0 saturated heterocycles. The molecule has 0 aliphatic rings. The molecule has 0 unspecified atom stereocenters. The van der Waals surface area contributed by atoms with Crippen LogP contribution in [0, 0.1) is 5.92 Å². The summed E-state index contributed by atoms with van der Waals surface area (Å²) in [7, 11) is 1.58. The highest BCUT2D eigenvalue weighted by Gasteiger charge is 2.17. The van der Waals surface area contributed by atoms with Crippen LogP contribution in [0.2, 0.25) is 0 Å². The summed E-state index contributed by atoms with van der Waals surface area (Å²) in [5.41, 5.74) is 3.60. The number of carbonyl (C=O) groups excluding carboxylic acids is 2. The lowest BCUT2D eigenvalue weighted by atomic mass is 9.93. The molecule has 5 nitrogen and oxygen atoms in total. The van der Waals surface area contributed by atoms with Crippen LogP contribution in [0.4, 0.5) is 5.69 Å². The van der Waals surface area contributed by atoms with Gasteiger partial charge in [-0.05, 0) is 41.2 Å². The highest BCUT2D eigenvalue weighted by molar-refractivity contribution is 5.97. The molecular weight excluding hydrogens is 350 g/mol. The molecule has 150 valence electrons. The van der Waals surface area contributed by atoms with Crippen molar-refractivity contribution in [1.29, 1.82) is 0 Å². The van der Waals surface area contributed by atoms with E-state index in [-0.39, 0.29) is 24.4 Å². The Bertz CT molecular complexity index is 798. The number of nitrogens with one attached hydrogen (secondary N) is 3. The summed E-state index contributed by atoms with van der Waals surface area (Å²) in [6.07, 6.45) is 0. The molecule has 0 saturated carbocycles. The maximum absolute atomic E-state index is 12.4. The number of hydrogen-bond acceptors (Lipinski definition) is 3. The third kappa shape index (κ3) is 5.92. The first-order valence-electron chi connectivity index (χ1n) is 9.77. The molecule has 28 heavy (non-hydrogen) atoms. The van der Waals surface area contributed by atoms with Gasteiger partial charge in [0.25, 0.3) is 5.91 Å². The van der Waals surface area contributed by atoms with E-state index in [1.54, 1.807) is 31.3 Å². The van der Waals surface area contributed by atoms with Crippen molar-refractivity contribution in [3.8, 4) is 0 Å². The molecule has 0 aliphatic carbocycles. The molecule has 0 heterocycles. The van der Waals surface area contributed by atoms with E-state index in [0.29, 0.717) is 23.1 Å². The van der Waals surface area contributed by atoms with Gasteiger partial charge in [0.1, 0.15) is 0 Å². The molecule has 2 rings (SSSR count). The molecular formula is C23H31N3O2. The number of rotatable bonds is 8. The fourth-order valence-corrected chi connectivity index (χ4v) is 3.12. The second kappa shape index (κ2) is 10.0. The Balaban J connectivity index is 2.00. The first-order chi connectivity index (χ1) is 13.3. The average Bonchev–Trinajstić information content (AvgIpc) is 2.67. The molecule has 0 radical (unpaired) electrons. The van der Waals surface area contributed by atoms with Crippen LogP contribution in [0.3, 0.4) is 0 Å². The second-order valence-corrected chi connectivity index (χ2v) is 7.63. The summed E-state index contributed by atoms with van der Waals surface area (Å²) in [5.74, 6) is 0.516. The second-order valence-electron chi connectivity index (χ2n) is 7.63. The zero-order chi connectivity index (χ0) is 20.7. The molecule has 0 fully saturated rings. The summed E-state index contributed by atoms with van der Waals surface area (Å²) in [5, 5.41) is 8.79. The van der Waals surface area contributed by atoms with Crippen LogP contribution in [-0.2, 0) is 4.79 Å². The third-order valence-corrected chi connectivity index (χ3v) is 4.75. The molecule has 1 atom stereocenters. The number of amides is 2. The van der Waals surface area contributed by atoms with Crippen LogP contribution in [0.25, 0.3) is 0 Å². The first-order valence-corrected chi connectivity index (χ1v) is 9.77. The maximum atomic E-state index is 12.4. The summed E-state index contributed by atoms with van der Waals surface area (Å²) < 4.78 is 0.